The van der Waals surface area contributed by atoms with E-state index >= 15 is 0 Å². The molecule has 9 heteroatoms. The van der Waals surface area contributed by atoms with Gasteiger partial charge in [-0.1, -0.05) is 42.3 Å². The highest BCUT2D eigenvalue weighted by atomic mass is 35.5. The number of fused-ring (bicyclic) bond motifs is 1. The Morgan fingerprint density at radius 3 is 2.61 bits per heavy atom. The summed E-state index contributed by atoms with van der Waals surface area (Å²) in [6.45, 7) is 0.407. The van der Waals surface area contributed by atoms with Crippen LogP contribution in [0.3, 0.4) is 0 Å². The first-order chi connectivity index (χ1) is 15.9. The van der Waals surface area contributed by atoms with E-state index in [-0.39, 0.29) is 21.5 Å². The molecule has 2 aromatic rings. The van der Waals surface area contributed by atoms with Crippen LogP contribution in [0, 0.1) is 0 Å². The molecule has 0 spiro atoms. The van der Waals surface area contributed by atoms with E-state index in [9.17, 15) is 18.0 Å². The molecule has 1 N–H and O–H groups in total. The van der Waals surface area contributed by atoms with Gasteiger partial charge in [-0.15, -0.1) is 0 Å². The smallest absolute Gasteiger partial charge is 0.338 e. The number of nitrogens with zero attached hydrogens (tertiary/aromatic N) is 1. The van der Waals surface area contributed by atoms with Crippen molar-refractivity contribution < 1.29 is 22.7 Å². The number of carbonyl (C=O) groups excluding carboxylic acids is 2. The zero-order valence-corrected chi connectivity index (χ0v) is 19.8. The van der Waals surface area contributed by atoms with Gasteiger partial charge in [0, 0.05) is 13.1 Å². The van der Waals surface area contributed by atoms with Gasteiger partial charge < -0.3 is 10.1 Å². The number of hydrogen-bond donors (Lipinski definition) is 1. The molecule has 33 heavy (non-hydrogen) atoms. The van der Waals surface area contributed by atoms with Crippen LogP contribution >= 0.6 is 11.6 Å². The van der Waals surface area contributed by atoms with Crippen molar-refractivity contribution in [2.45, 2.75) is 49.5 Å². The minimum absolute atomic E-state index is 0.0331. The summed E-state index contributed by atoms with van der Waals surface area (Å²) in [6, 6.07) is 11.9. The van der Waals surface area contributed by atoms with Crippen LogP contribution in [0.4, 0.5) is 0 Å². The highest BCUT2D eigenvalue weighted by Crippen LogP contribution is 2.30. The molecule has 0 bridgehead atoms. The Labute approximate surface area is 199 Å². The number of rotatable bonds is 6. The van der Waals surface area contributed by atoms with Crippen LogP contribution in [0.1, 0.15) is 59.6 Å². The normalized spacial score (nSPS) is 18.9. The molecule has 2 aromatic carbocycles. The van der Waals surface area contributed by atoms with E-state index in [2.05, 4.69) is 11.4 Å². The van der Waals surface area contributed by atoms with Crippen molar-refractivity contribution in [3.63, 3.8) is 0 Å². The largest absolute Gasteiger partial charge is 0.452 e. The Morgan fingerprint density at radius 2 is 1.82 bits per heavy atom. The van der Waals surface area contributed by atoms with Crippen LogP contribution in [0.25, 0.3) is 0 Å². The summed E-state index contributed by atoms with van der Waals surface area (Å²) in [4.78, 5) is 24.9. The molecule has 7 nitrogen and oxygen atoms in total. The maximum absolute atomic E-state index is 13.0. The summed E-state index contributed by atoms with van der Waals surface area (Å²) >= 11 is 6.16. The summed E-state index contributed by atoms with van der Waals surface area (Å²) in [5.41, 5.74) is 2.34. The first-order valence-electron chi connectivity index (χ1n) is 11.2. The lowest BCUT2D eigenvalue weighted by Crippen LogP contribution is -2.36. The zero-order chi connectivity index (χ0) is 23.4. The Balaban J connectivity index is 1.40. The van der Waals surface area contributed by atoms with E-state index in [0.717, 1.165) is 44.1 Å². The maximum atomic E-state index is 13.0. The van der Waals surface area contributed by atoms with Gasteiger partial charge in [-0.05, 0) is 61.4 Å². The number of amides is 1. The number of carbonyl (C=O) groups is 2. The topological polar surface area (TPSA) is 92.8 Å². The first kappa shape index (κ1) is 23.7. The predicted molar refractivity (Wildman–Crippen MR) is 125 cm³/mol. The molecule has 1 atom stereocenters. The van der Waals surface area contributed by atoms with Crippen LogP contribution in [-0.2, 0) is 26.0 Å². The molecule has 1 aliphatic heterocycles. The van der Waals surface area contributed by atoms with Gasteiger partial charge in [0.2, 0.25) is 10.0 Å². The van der Waals surface area contributed by atoms with Crippen molar-refractivity contribution in [2.75, 3.05) is 19.7 Å². The molecular formula is C24H27ClN2O5S. The number of benzene rings is 2. The highest BCUT2D eigenvalue weighted by molar-refractivity contribution is 7.89. The SMILES string of the molecule is O=C(COC(=O)c1ccc(Cl)c(S(=O)(=O)N2CCCCC2)c1)N[C@@H]1CCCc2ccccc21. The van der Waals surface area contributed by atoms with Crippen LogP contribution in [0.2, 0.25) is 5.02 Å². The average molecular weight is 491 g/mol. The number of halogens is 1. The number of ether oxygens (including phenoxy) is 1. The van der Waals surface area contributed by atoms with Crippen molar-refractivity contribution in [3.05, 3.63) is 64.2 Å². The van der Waals surface area contributed by atoms with Gasteiger partial charge in [0.05, 0.1) is 16.6 Å². The quantitative estimate of drug-likeness (QED) is 0.620. The van der Waals surface area contributed by atoms with Crippen molar-refractivity contribution >= 4 is 33.5 Å². The van der Waals surface area contributed by atoms with Crippen molar-refractivity contribution in [1.29, 1.82) is 0 Å². The lowest BCUT2D eigenvalue weighted by Gasteiger charge is -2.26. The van der Waals surface area contributed by atoms with Gasteiger partial charge >= 0.3 is 5.97 Å². The molecule has 4 rings (SSSR count). The Morgan fingerprint density at radius 1 is 1.06 bits per heavy atom. The van der Waals surface area contributed by atoms with Crippen LogP contribution in [0.15, 0.2) is 47.4 Å². The van der Waals surface area contributed by atoms with Gasteiger partial charge in [0.25, 0.3) is 5.91 Å². The Kier molecular flexibility index (Phi) is 7.36. The lowest BCUT2D eigenvalue weighted by atomic mass is 9.88. The van der Waals surface area contributed by atoms with Gasteiger partial charge in [0.15, 0.2) is 6.61 Å². The molecule has 1 aliphatic carbocycles. The van der Waals surface area contributed by atoms with E-state index in [1.54, 1.807) is 0 Å². The van der Waals surface area contributed by atoms with Crippen molar-refractivity contribution in [3.8, 4) is 0 Å². The fraction of sp³-hybridized carbons (Fsp3) is 0.417. The second-order valence-electron chi connectivity index (χ2n) is 8.40. The van der Waals surface area contributed by atoms with E-state index in [0.29, 0.717) is 13.1 Å². The van der Waals surface area contributed by atoms with Crippen LogP contribution in [0.5, 0.6) is 0 Å². The molecule has 1 heterocycles. The molecule has 0 unspecified atom stereocenters. The molecule has 1 amide bonds. The molecule has 0 radical (unpaired) electrons. The molecule has 0 aromatic heterocycles. The third-order valence-electron chi connectivity index (χ3n) is 6.14. The third kappa shape index (κ3) is 5.39. The van der Waals surface area contributed by atoms with Crippen molar-refractivity contribution in [1.82, 2.24) is 9.62 Å². The Hall–Kier alpha value is -2.42. The number of esters is 1. The minimum atomic E-state index is -3.81. The van der Waals surface area contributed by atoms with Gasteiger partial charge in [0.1, 0.15) is 4.90 Å². The molecule has 176 valence electrons. The van der Waals surface area contributed by atoms with Gasteiger partial charge in [-0.3, -0.25) is 4.79 Å². The second-order valence-corrected chi connectivity index (χ2v) is 10.7. The van der Waals surface area contributed by atoms with Gasteiger partial charge in [-0.25, -0.2) is 13.2 Å². The highest BCUT2D eigenvalue weighted by Gasteiger charge is 2.29. The van der Waals surface area contributed by atoms with E-state index in [4.69, 9.17) is 16.3 Å². The molecular weight excluding hydrogens is 464 g/mol. The summed E-state index contributed by atoms with van der Waals surface area (Å²) < 4.78 is 32.6. The fourth-order valence-corrected chi connectivity index (χ4v) is 6.44. The molecule has 0 saturated carbocycles. The number of sulfonamides is 1. The van der Waals surface area contributed by atoms with Crippen LogP contribution in [-0.4, -0.2) is 44.3 Å². The summed E-state index contributed by atoms with van der Waals surface area (Å²) in [6.07, 6.45) is 5.35. The minimum Gasteiger partial charge on any atom is -0.452 e. The average Bonchev–Trinajstić information content (AvgIpc) is 2.83. The summed E-state index contributed by atoms with van der Waals surface area (Å²) in [5.74, 6) is -1.18. The summed E-state index contributed by atoms with van der Waals surface area (Å²) in [7, 11) is -3.81. The van der Waals surface area contributed by atoms with Gasteiger partial charge in [-0.2, -0.15) is 4.31 Å². The third-order valence-corrected chi connectivity index (χ3v) is 8.52. The first-order valence-corrected chi connectivity index (χ1v) is 13.0. The molecule has 2 aliphatic rings. The number of aryl methyl sites for hydroxylation is 1. The maximum Gasteiger partial charge on any atom is 0.338 e. The van der Waals surface area contributed by atoms with E-state index in [1.165, 1.54) is 28.1 Å². The van der Waals surface area contributed by atoms with E-state index in [1.807, 2.05) is 18.2 Å². The number of nitrogens with one attached hydrogen (secondary N) is 1. The Bertz CT molecular complexity index is 1150. The monoisotopic (exact) mass is 490 g/mol. The van der Waals surface area contributed by atoms with E-state index < -0.39 is 28.5 Å². The zero-order valence-electron chi connectivity index (χ0n) is 18.3. The number of piperidine rings is 1. The second kappa shape index (κ2) is 10.2. The van der Waals surface area contributed by atoms with Crippen molar-refractivity contribution in [2.24, 2.45) is 0 Å². The number of hydrogen-bond acceptors (Lipinski definition) is 5. The lowest BCUT2D eigenvalue weighted by molar-refractivity contribution is -0.125. The van der Waals surface area contributed by atoms with Crippen LogP contribution < -0.4 is 5.32 Å². The molecule has 1 saturated heterocycles. The standard InChI is InChI=1S/C24H27ClN2O5S/c25-20-12-11-18(15-22(20)33(30,31)27-13-4-1-5-14-27)24(29)32-16-23(28)26-21-10-6-8-17-7-2-3-9-19(17)21/h2-3,7,9,11-12,15,21H,1,4-6,8,10,13-14,16H2,(H,26,28)/t21-/m1/s1. The molecule has 1 fully saturated rings. The predicted octanol–water partition coefficient (Wildman–Crippen LogP) is 3.87. The summed E-state index contributed by atoms with van der Waals surface area (Å²) in [5, 5.41) is 2.98. The fourth-order valence-electron chi connectivity index (χ4n) is 4.43.